The van der Waals surface area contributed by atoms with E-state index < -0.39 is 0 Å². The molecule has 1 heterocycles. The highest BCUT2D eigenvalue weighted by Crippen LogP contribution is 2.41. The molecule has 0 amide bonds. The lowest BCUT2D eigenvalue weighted by Crippen LogP contribution is -2.40. The standard InChI is InChI=1S/C16H22FN3/c1-10(2)20-13-9-11(17)6-7-12(13)19-15(20)16(3)8-4-5-14(16)18/h6-7,9-10,14H,4-5,8,18H2,1-3H3. The van der Waals surface area contributed by atoms with E-state index >= 15 is 0 Å². The number of halogens is 1. The summed E-state index contributed by atoms with van der Waals surface area (Å²) in [5.74, 6) is 0.796. The number of nitrogens with two attached hydrogens (primary N) is 1. The van der Waals surface area contributed by atoms with Gasteiger partial charge in [0.1, 0.15) is 11.6 Å². The molecular weight excluding hydrogens is 253 g/mol. The molecule has 4 heteroatoms. The molecule has 1 aliphatic carbocycles. The molecule has 108 valence electrons. The Morgan fingerprint density at radius 1 is 1.45 bits per heavy atom. The van der Waals surface area contributed by atoms with E-state index in [0.717, 1.165) is 36.1 Å². The minimum Gasteiger partial charge on any atom is -0.327 e. The van der Waals surface area contributed by atoms with Crippen molar-refractivity contribution in [1.82, 2.24) is 9.55 Å². The summed E-state index contributed by atoms with van der Waals surface area (Å²) in [5, 5.41) is 0. The van der Waals surface area contributed by atoms with Crippen LogP contribution < -0.4 is 5.73 Å². The van der Waals surface area contributed by atoms with Crippen molar-refractivity contribution in [2.45, 2.75) is 57.5 Å². The topological polar surface area (TPSA) is 43.8 Å². The van der Waals surface area contributed by atoms with Crippen LogP contribution in [-0.2, 0) is 5.41 Å². The fourth-order valence-electron chi connectivity index (χ4n) is 3.46. The third kappa shape index (κ3) is 1.85. The van der Waals surface area contributed by atoms with Gasteiger partial charge in [0, 0.05) is 17.5 Å². The Bertz CT molecular complexity index is 646. The van der Waals surface area contributed by atoms with Gasteiger partial charge < -0.3 is 10.3 Å². The summed E-state index contributed by atoms with van der Waals surface area (Å²) in [6.45, 7) is 6.42. The van der Waals surface area contributed by atoms with Crippen LogP contribution in [0.25, 0.3) is 11.0 Å². The smallest absolute Gasteiger partial charge is 0.125 e. The van der Waals surface area contributed by atoms with Crippen LogP contribution >= 0.6 is 0 Å². The number of hydrogen-bond donors (Lipinski definition) is 1. The first-order valence-corrected chi connectivity index (χ1v) is 7.37. The van der Waals surface area contributed by atoms with Gasteiger partial charge in [0.15, 0.2) is 0 Å². The molecule has 2 unspecified atom stereocenters. The van der Waals surface area contributed by atoms with E-state index in [-0.39, 0.29) is 23.3 Å². The van der Waals surface area contributed by atoms with Gasteiger partial charge in [0.05, 0.1) is 11.0 Å². The van der Waals surface area contributed by atoms with Crippen molar-refractivity contribution in [2.75, 3.05) is 0 Å². The van der Waals surface area contributed by atoms with Gasteiger partial charge in [-0.1, -0.05) is 13.3 Å². The first kappa shape index (κ1) is 13.6. The molecule has 2 atom stereocenters. The van der Waals surface area contributed by atoms with Crippen LogP contribution in [0.15, 0.2) is 18.2 Å². The number of fused-ring (bicyclic) bond motifs is 1. The average molecular weight is 275 g/mol. The summed E-state index contributed by atoms with van der Waals surface area (Å²) in [4.78, 5) is 4.80. The van der Waals surface area contributed by atoms with E-state index in [1.807, 2.05) is 0 Å². The molecule has 2 N–H and O–H groups in total. The summed E-state index contributed by atoms with van der Waals surface area (Å²) >= 11 is 0. The SMILES string of the molecule is CC(C)n1c(C2(C)CCCC2N)nc2ccc(F)cc21. The Morgan fingerprint density at radius 2 is 2.20 bits per heavy atom. The van der Waals surface area contributed by atoms with E-state index in [2.05, 4.69) is 25.3 Å². The Morgan fingerprint density at radius 3 is 2.80 bits per heavy atom. The van der Waals surface area contributed by atoms with Crippen molar-refractivity contribution < 1.29 is 4.39 Å². The van der Waals surface area contributed by atoms with Gasteiger partial charge in [-0.25, -0.2) is 9.37 Å². The number of rotatable bonds is 2. The van der Waals surface area contributed by atoms with Crippen molar-refractivity contribution in [3.8, 4) is 0 Å². The van der Waals surface area contributed by atoms with Gasteiger partial charge in [-0.05, 0) is 44.9 Å². The maximum atomic E-state index is 13.6. The molecule has 3 rings (SSSR count). The van der Waals surface area contributed by atoms with Crippen LogP contribution in [-0.4, -0.2) is 15.6 Å². The lowest BCUT2D eigenvalue weighted by Gasteiger charge is -2.30. The van der Waals surface area contributed by atoms with Crippen LogP contribution in [0.1, 0.15) is 51.9 Å². The molecule has 1 saturated carbocycles. The normalized spacial score (nSPS) is 26.8. The minimum atomic E-state index is -0.216. The molecule has 0 aliphatic heterocycles. The second kappa shape index (κ2) is 4.55. The molecule has 0 spiro atoms. The zero-order valence-corrected chi connectivity index (χ0v) is 12.4. The largest absolute Gasteiger partial charge is 0.327 e. The third-order valence-corrected chi connectivity index (χ3v) is 4.71. The molecule has 1 aromatic carbocycles. The van der Waals surface area contributed by atoms with E-state index in [1.54, 1.807) is 12.1 Å². The highest BCUT2D eigenvalue weighted by molar-refractivity contribution is 5.76. The summed E-state index contributed by atoms with van der Waals surface area (Å²) in [6.07, 6.45) is 3.21. The van der Waals surface area contributed by atoms with Gasteiger partial charge >= 0.3 is 0 Å². The number of aromatic nitrogens is 2. The van der Waals surface area contributed by atoms with Crippen LogP contribution in [0, 0.1) is 5.82 Å². The quantitative estimate of drug-likeness (QED) is 0.911. The highest BCUT2D eigenvalue weighted by Gasteiger charge is 2.42. The van der Waals surface area contributed by atoms with Crippen LogP contribution in [0.3, 0.4) is 0 Å². The van der Waals surface area contributed by atoms with E-state index in [9.17, 15) is 4.39 Å². The maximum Gasteiger partial charge on any atom is 0.125 e. The van der Waals surface area contributed by atoms with Gasteiger partial charge in [-0.15, -0.1) is 0 Å². The summed E-state index contributed by atoms with van der Waals surface area (Å²) in [5.41, 5.74) is 7.95. The van der Waals surface area contributed by atoms with Crippen LogP contribution in [0.4, 0.5) is 4.39 Å². The Kier molecular flexibility index (Phi) is 3.09. The molecule has 0 radical (unpaired) electrons. The molecule has 2 aromatic rings. The molecular formula is C16H22FN3. The maximum absolute atomic E-state index is 13.6. The lowest BCUT2D eigenvalue weighted by atomic mass is 9.84. The van der Waals surface area contributed by atoms with E-state index in [1.165, 1.54) is 6.07 Å². The van der Waals surface area contributed by atoms with Crippen molar-refractivity contribution in [3.63, 3.8) is 0 Å². The van der Waals surface area contributed by atoms with Crippen molar-refractivity contribution in [3.05, 3.63) is 29.8 Å². The van der Waals surface area contributed by atoms with Gasteiger partial charge in [0.25, 0.3) is 0 Å². The monoisotopic (exact) mass is 275 g/mol. The molecule has 1 aromatic heterocycles. The number of nitrogens with zero attached hydrogens (tertiary/aromatic N) is 2. The fraction of sp³-hybridized carbons (Fsp3) is 0.562. The van der Waals surface area contributed by atoms with Gasteiger partial charge in [-0.2, -0.15) is 0 Å². The predicted molar refractivity (Wildman–Crippen MR) is 79.3 cm³/mol. The first-order valence-electron chi connectivity index (χ1n) is 7.37. The molecule has 1 aliphatic rings. The van der Waals surface area contributed by atoms with Crippen LogP contribution in [0.5, 0.6) is 0 Å². The summed E-state index contributed by atoms with van der Waals surface area (Å²) < 4.78 is 15.7. The number of benzene rings is 1. The first-order chi connectivity index (χ1) is 9.43. The molecule has 0 saturated heterocycles. The Balaban J connectivity index is 2.27. The molecule has 0 bridgehead atoms. The van der Waals surface area contributed by atoms with Gasteiger partial charge in [0.2, 0.25) is 0 Å². The van der Waals surface area contributed by atoms with Crippen LogP contribution in [0.2, 0.25) is 0 Å². The fourth-order valence-corrected chi connectivity index (χ4v) is 3.46. The Labute approximate surface area is 119 Å². The number of hydrogen-bond acceptors (Lipinski definition) is 2. The summed E-state index contributed by atoms with van der Waals surface area (Å²) in [7, 11) is 0. The molecule has 20 heavy (non-hydrogen) atoms. The van der Waals surface area contributed by atoms with Crippen molar-refractivity contribution in [2.24, 2.45) is 5.73 Å². The average Bonchev–Trinajstić information content (AvgIpc) is 2.91. The van der Waals surface area contributed by atoms with E-state index in [0.29, 0.717) is 0 Å². The second-order valence-electron chi connectivity index (χ2n) is 6.45. The molecule has 3 nitrogen and oxygen atoms in total. The summed E-state index contributed by atoms with van der Waals surface area (Å²) in [6, 6.07) is 5.18. The van der Waals surface area contributed by atoms with Crippen molar-refractivity contribution in [1.29, 1.82) is 0 Å². The van der Waals surface area contributed by atoms with Gasteiger partial charge in [-0.3, -0.25) is 0 Å². The zero-order valence-electron chi connectivity index (χ0n) is 12.4. The van der Waals surface area contributed by atoms with E-state index in [4.69, 9.17) is 10.7 Å². The minimum absolute atomic E-state index is 0.111. The van der Waals surface area contributed by atoms with Crippen molar-refractivity contribution >= 4 is 11.0 Å². The molecule has 1 fully saturated rings. The highest BCUT2D eigenvalue weighted by atomic mass is 19.1. The second-order valence-corrected chi connectivity index (χ2v) is 6.45. The third-order valence-electron chi connectivity index (χ3n) is 4.71. The lowest BCUT2D eigenvalue weighted by molar-refractivity contribution is 0.378. The Hall–Kier alpha value is -1.42. The predicted octanol–water partition coefficient (Wildman–Crippen LogP) is 3.53. The number of imidazole rings is 1. The zero-order chi connectivity index (χ0) is 14.5.